The molecule has 1 aromatic rings. The highest BCUT2D eigenvalue weighted by Crippen LogP contribution is 2.16. The Hall–Kier alpha value is -0.120. The lowest BCUT2D eigenvalue weighted by atomic mass is 10.1. The van der Waals surface area contributed by atoms with Gasteiger partial charge in [0.1, 0.15) is 5.01 Å². The van der Waals surface area contributed by atoms with Gasteiger partial charge in [0.25, 0.3) is 0 Å². The lowest BCUT2D eigenvalue weighted by Gasteiger charge is -2.23. The molecule has 2 heterocycles. The van der Waals surface area contributed by atoms with E-state index in [1.807, 2.05) is 0 Å². The molecular formula is C12H19ClN2S. The molecule has 0 aromatic carbocycles. The molecule has 90 valence electrons. The summed E-state index contributed by atoms with van der Waals surface area (Å²) >= 11 is 7.50. The summed E-state index contributed by atoms with van der Waals surface area (Å²) in [7, 11) is 0. The number of hydrogen-bond acceptors (Lipinski definition) is 3. The third-order valence-electron chi connectivity index (χ3n) is 3.04. The van der Waals surface area contributed by atoms with E-state index >= 15 is 0 Å². The first-order valence-electron chi connectivity index (χ1n) is 6.10. The molecule has 1 fully saturated rings. The summed E-state index contributed by atoms with van der Waals surface area (Å²) in [6, 6.07) is 0. The second-order valence-electron chi connectivity index (χ2n) is 4.41. The Morgan fingerprint density at radius 2 is 1.88 bits per heavy atom. The Morgan fingerprint density at radius 3 is 2.50 bits per heavy atom. The second kappa shape index (κ2) is 6.58. The Kier molecular flexibility index (Phi) is 5.07. The minimum absolute atomic E-state index is 0.538. The molecule has 1 aliphatic heterocycles. The summed E-state index contributed by atoms with van der Waals surface area (Å²) in [6.45, 7) is 3.48. The number of aromatic nitrogens is 1. The Morgan fingerprint density at radius 1 is 1.19 bits per heavy atom. The van der Waals surface area contributed by atoms with Crippen LogP contribution in [0.15, 0.2) is 5.38 Å². The topological polar surface area (TPSA) is 16.1 Å². The smallest absolute Gasteiger partial charge is 0.107 e. The number of thiazole rings is 1. The van der Waals surface area contributed by atoms with Crippen molar-refractivity contribution in [2.45, 2.75) is 44.5 Å². The summed E-state index contributed by atoms with van der Waals surface area (Å²) in [5.41, 5.74) is 1.02. The summed E-state index contributed by atoms with van der Waals surface area (Å²) in [4.78, 5) is 7.06. The van der Waals surface area contributed by atoms with Gasteiger partial charge in [-0.25, -0.2) is 4.98 Å². The van der Waals surface area contributed by atoms with Crippen LogP contribution in [-0.4, -0.2) is 23.0 Å². The maximum atomic E-state index is 5.76. The Balaban J connectivity index is 1.86. The molecule has 1 saturated heterocycles. The van der Waals surface area contributed by atoms with Crippen molar-refractivity contribution in [3.05, 3.63) is 16.1 Å². The van der Waals surface area contributed by atoms with Crippen molar-refractivity contribution in [2.75, 3.05) is 13.1 Å². The van der Waals surface area contributed by atoms with Crippen molar-refractivity contribution in [2.24, 2.45) is 0 Å². The van der Waals surface area contributed by atoms with Crippen molar-refractivity contribution in [3.63, 3.8) is 0 Å². The Bertz CT molecular complexity index is 306. The van der Waals surface area contributed by atoms with Gasteiger partial charge >= 0.3 is 0 Å². The van der Waals surface area contributed by atoms with Crippen LogP contribution >= 0.6 is 22.9 Å². The fraction of sp³-hybridized carbons (Fsp3) is 0.750. The number of hydrogen-bond donors (Lipinski definition) is 0. The van der Waals surface area contributed by atoms with Crippen molar-refractivity contribution in [3.8, 4) is 0 Å². The van der Waals surface area contributed by atoms with Crippen LogP contribution in [-0.2, 0) is 12.4 Å². The van der Waals surface area contributed by atoms with Gasteiger partial charge in [-0.15, -0.1) is 22.9 Å². The standard InChI is InChI=1S/C12H19ClN2S/c13-8-11-10-16-12(14-11)9-15-6-4-2-1-3-5-7-15/h10H,1-9H2. The lowest BCUT2D eigenvalue weighted by Crippen LogP contribution is -2.26. The molecule has 4 heteroatoms. The van der Waals surface area contributed by atoms with Crippen LogP contribution in [0.3, 0.4) is 0 Å². The molecule has 0 amide bonds. The molecule has 16 heavy (non-hydrogen) atoms. The largest absolute Gasteiger partial charge is 0.297 e. The van der Waals surface area contributed by atoms with Gasteiger partial charge in [-0.2, -0.15) is 0 Å². The SMILES string of the molecule is ClCc1csc(CN2CCCCCCC2)n1. The zero-order chi connectivity index (χ0) is 11.2. The van der Waals surface area contributed by atoms with E-state index in [2.05, 4.69) is 15.3 Å². The van der Waals surface area contributed by atoms with Crippen LogP contribution in [0, 0.1) is 0 Å². The molecule has 0 atom stereocenters. The first-order chi connectivity index (χ1) is 7.88. The molecule has 0 radical (unpaired) electrons. The first-order valence-corrected chi connectivity index (χ1v) is 7.51. The van der Waals surface area contributed by atoms with E-state index in [4.69, 9.17) is 11.6 Å². The lowest BCUT2D eigenvalue weighted by molar-refractivity contribution is 0.239. The third kappa shape index (κ3) is 3.72. The van der Waals surface area contributed by atoms with Crippen LogP contribution < -0.4 is 0 Å². The monoisotopic (exact) mass is 258 g/mol. The van der Waals surface area contributed by atoms with E-state index in [0.29, 0.717) is 5.88 Å². The van der Waals surface area contributed by atoms with Crippen LogP contribution in [0.2, 0.25) is 0 Å². The minimum Gasteiger partial charge on any atom is -0.297 e. The number of rotatable bonds is 3. The van der Waals surface area contributed by atoms with Gasteiger partial charge in [-0.3, -0.25) is 4.90 Å². The quantitative estimate of drug-likeness (QED) is 0.770. The maximum absolute atomic E-state index is 5.76. The molecule has 1 aliphatic rings. The van der Waals surface area contributed by atoms with E-state index in [1.165, 1.54) is 50.2 Å². The van der Waals surface area contributed by atoms with Crippen LogP contribution in [0.25, 0.3) is 0 Å². The zero-order valence-electron chi connectivity index (χ0n) is 9.62. The average molecular weight is 259 g/mol. The molecule has 0 spiro atoms. The summed E-state index contributed by atoms with van der Waals surface area (Å²) in [6.07, 6.45) is 6.88. The van der Waals surface area contributed by atoms with E-state index in [9.17, 15) is 0 Å². The van der Waals surface area contributed by atoms with Crippen LogP contribution in [0.5, 0.6) is 0 Å². The van der Waals surface area contributed by atoms with Crippen molar-refractivity contribution in [1.29, 1.82) is 0 Å². The zero-order valence-corrected chi connectivity index (χ0v) is 11.2. The Labute approximate surface area is 107 Å². The maximum Gasteiger partial charge on any atom is 0.107 e. The van der Waals surface area contributed by atoms with Crippen molar-refractivity contribution < 1.29 is 0 Å². The van der Waals surface area contributed by atoms with Crippen LogP contribution in [0.4, 0.5) is 0 Å². The summed E-state index contributed by atoms with van der Waals surface area (Å²) in [5, 5.41) is 3.29. The first kappa shape index (κ1) is 12.3. The fourth-order valence-corrected chi connectivity index (χ4v) is 3.21. The van der Waals surface area contributed by atoms with E-state index in [0.717, 1.165) is 12.2 Å². The molecule has 0 N–H and O–H groups in total. The van der Waals surface area contributed by atoms with Crippen LogP contribution in [0.1, 0.15) is 42.8 Å². The van der Waals surface area contributed by atoms with Crippen molar-refractivity contribution in [1.82, 2.24) is 9.88 Å². The van der Waals surface area contributed by atoms with Gasteiger partial charge in [-0.1, -0.05) is 19.3 Å². The van der Waals surface area contributed by atoms with Gasteiger partial charge in [0.2, 0.25) is 0 Å². The molecule has 0 aliphatic carbocycles. The normalized spacial score (nSPS) is 19.3. The third-order valence-corrected chi connectivity index (χ3v) is 4.20. The predicted molar refractivity (Wildman–Crippen MR) is 70.0 cm³/mol. The van der Waals surface area contributed by atoms with Gasteiger partial charge in [0.15, 0.2) is 0 Å². The van der Waals surface area contributed by atoms with Gasteiger partial charge in [0.05, 0.1) is 18.1 Å². The van der Waals surface area contributed by atoms with E-state index in [1.54, 1.807) is 11.3 Å². The molecule has 0 saturated carbocycles. The molecule has 1 aromatic heterocycles. The van der Waals surface area contributed by atoms with E-state index < -0.39 is 0 Å². The fourth-order valence-electron chi connectivity index (χ4n) is 2.15. The van der Waals surface area contributed by atoms with E-state index in [-0.39, 0.29) is 0 Å². The number of halogens is 1. The van der Waals surface area contributed by atoms with Gasteiger partial charge in [0, 0.05) is 5.38 Å². The van der Waals surface area contributed by atoms with Gasteiger partial charge in [-0.05, 0) is 25.9 Å². The highest BCUT2D eigenvalue weighted by atomic mass is 35.5. The highest BCUT2D eigenvalue weighted by molar-refractivity contribution is 7.09. The highest BCUT2D eigenvalue weighted by Gasteiger charge is 2.10. The summed E-state index contributed by atoms with van der Waals surface area (Å²) in [5.74, 6) is 0.538. The number of nitrogens with zero attached hydrogens (tertiary/aromatic N) is 2. The molecule has 0 bridgehead atoms. The average Bonchev–Trinajstić information content (AvgIpc) is 2.69. The van der Waals surface area contributed by atoms with Gasteiger partial charge < -0.3 is 0 Å². The molecule has 2 nitrogen and oxygen atoms in total. The number of alkyl halides is 1. The number of likely N-dealkylation sites (tertiary alicyclic amines) is 1. The molecular weight excluding hydrogens is 240 g/mol. The second-order valence-corrected chi connectivity index (χ2v) is 5.62. The predicted octanol–water partition coefficient (Wildman–Crippen LogP) is 3.65. The van der Waals surface area contributed by atoms with Crippen molar-refractivity contribution >= 4 is 22.9 Å². The molecule has 0 unspecified atom stereocenters. The molecule has 2 rings (SSSR count). The minimum atomic E-state index is 0.538. The summed E-state index contributed by atoms with van der Waals surface area (Å²) < 4.78 is 0.